The first-order valence-corrected chi connectivity index (χ1v) is 16.2. The molecule has 3 aromatic carbocycles. The maximum Gasteiger partial charge on any atom is 0.243 e. The molecular weight excluding hydrogens is 550 g/mol. The van der Waals surface area contributed by atoms with Gasteiger partial charge in [-0.2, -0.15) is 0 Å². The van der Waals surface area contributed by atoms with E-state index in [1.807, 2.05) is 82.3 Å². The topological polar surface area (TPSA) is 96.0 Å². The number of benzene rings is 3. The standard InChI is InChI=1S/C33H43N3O5S/c1-6-41-30-20-18-29(19-21-30)36(42(5,39)40)22-10-13-32(37)35(24-28-16-14-26(4)15-17-28)31(33(38)34-25(2)3)23-27-11-8-7-9-12-27/h7-9,11-12,14-21,25,31H,6,10,13,22-24H2,1-5H3,(H,34,38)/t31-/m1/s1. The molecule has 226 valence electrons. The number of hydrogen-bond donors (Lipinski definition) is 1. The van der Waals surface area contributed by atoms with Gasteiger partial charge in [0.2, 0.25) is 21.8 Å². The number of nitrogens with one attached hydrogen (secondary N) is 1. The third kappa shape index (κ3) is 9.91. The van der Waals surface area contributed by atoms with Crippen molar-refractivity contribution in [2.45, 2.75) is 65.6 Å². The molecule has 1 N–H and O–H groups in total. The summed E-state index contributed by atoms with van der Waals surface area (Å²) in [6.07, 6.45) is 1.88. The molecule has 9 heteroatoms. The summed E-state index contributed by atoms with van der Waals surface area (Å²) in [5.41, 5.74) is 3.46. The second-order valence-electron chi connectivity index (χ2n) is 10.7. The van der Waals surface area contributed by atoms with Crippen molar-refractivity contribution in [3.8, 4) is 5.75 Å². The predicted octanol–water partition coefficient (Wildman–Crippen LogP) is 5.10. The molecule has 42 heavy (non-hydrogen) atoms. The highest BCUT2D eigenvalue weighted by atomic mass is 32.2. The molecule has 0 unspecified atom stereocenters. The molecule has 0 aliphatic heterocycles. The van der Waals surface area contributed by atoms with Crippen LogP contribution in [-0.2, 0) is 32.6 Å². The Morgan fingerprint density at radius 3 is 2.12 bits per heavy atom. The van der Waals surface area contributed by atoms with Gasteiger partial charge in [0.25, 0.3) is 0 Å². The lowest BCUT2D eigenvalue weighted by Gasteiger charge is -2.32. The Morgan fingerprint density at radius 1 is 0.905 bits per heavy atom. The van der Waals surface area contributed by atoms with Crippen LogP contribution in [0.25, 0.3) is 0 Å². The molecule has 0 saturated carbocycles. The summed E-state index contributed by atoms with van der Waals surface area (Å²) >= 11 is 0. The van der Waals surface area contributed by atoms with Crippen LogP contribution in [0.15, 0.2) is 78.9 Å². The van der Waals surface area contributed by atoms with E-state index < -0.39 is 16.1 Å². The Kier molecular flexibility index (Phi) is 12.0. The fraction of sp³-hybridized carbons (Fsp3) is 0.394. The maximum atomic E-state index is 13.9. The summed E-state index contributed by atoms with van der Waals surface area (Å²) < 4.78 is 32.1. The van der Waals surface area contributed by atoms with Gasteiger partial charge >= 0.3 is 0 Å². The molecule has 0 bridgehead atoms. The summed E-state index contributed by atoms with van der Waals surface area (Å²) in [4.78, 5) is 29.0. The van der Waals surface area contributed by atoms with Crippen LogP contribution in [0.1, 0.15) is 50.3 Å². The van der Waals surface area contributed by atoms with Crippen molar-refractivity contribution in [2.24, 2.45) is 0 Å². The fourth-order valence-electron chi connectivity index (χ4n) is 4.70. The molecule has 0 aliphatic rings. The smallest absolute Gasteiger partial charge is 0.243 e. The van der Waals surface area contributed by atoms with Crippen LogP contribution in [-0.4, -0.2) is 56.6 Å². The average molecular weight is 594 g/mol. The SMILES string of the molecule is CCOc1ccc(N(CCCC(=O)N(Cc2ccc(C)cc2)[C@H](Cc2ccccc2)C(=O)NC(C)C)S(C)(=O)=O)cc1. The summed E-state index contributed by atoms with van der Waals surface area (Å²) in [5.74, 6) is 0.220. The molecule has 3 aromatic rings. The van der Waals surface area contributed by atoms with E-state index in [0.717, 1.165) is 22.9 Å². The molecule has 2 amide bonds. The van der Waals surface area contributed by atoms with Crippen LogP contribution in [0.4, 0.5) is 5.69 Å². The van der Waals surface area contributed by atoms with E-state index in [2.05, 4.69) is 5.32 Å². The van der Waals surface area contributed by atoms with E-state index in [0.29, 0.717) is 24.5 Å². The number of sulfonamides is 1. The summed E-state index contributed by atoms with van der Waals surface area (Å²) in [6.45, 7) is 8.56. The highest BCUT2D eigenvalue weighted by Crippen LogP contribution is 2.23. The van der Waals surface area contributed by atoms with Crippen LogP contribution in [0.2, 0.25) is 0 Å². The van der Waals surface area contributed by atoms with Gasteiger partial charge in [0.15, 0.2) is 0 Å². The zero-order valence-corrected chi connectivity index (χ0v) is 26.1. The Balaban J connectivity index is 1.85. The summed E-state index contributed by atoms with van der Waals surface area (Å²) in [7, 11) is -3.59. The number of ether oxygens (including phenoxy) is 1. The minimum atomic E-state index is -3.59. The largest absolute Gasteiger partial charge is 0.494 e. The molecule has 3 rings (SSSR count). The second-order valence-corrected chi connectivity index (χ2v) is 12.6. The van der Waals surface area contributed by atoms with E-state index in [4.69, 9.17) is 4.74 Å². The molecular formula is C33H43N3O5S. The van der Waals surface area contributed by atoms with Crippen molar-refractivity contribution in [2.75, 3.05) is 23.7 Å². The monoisotopic (exact) mass is 593 g/mol. The van der Waals surface area contributed by atoms with Crippen LogP contribution in [0, 0.1) is 6.92 Å². The van der Waals surface area contributed by atoms with Gasteiger partial charge in [-0.1, -0.05) is 60.2 Å². The van der Waals surface area contributed by atoms with Gasteiger partial charge in [0, 0.05) is 32.0 Å². The number of anilines is 1. The molecule has 0 radical (unpaired) electrons. The first-order valence-electron chi connectivity index (χ1n) is 14.4. The molecule has 0 heterocycles. The Hall–Kier alpha value is -3.85. The Morgan fingerprint density at radius 2 is 1.55 bits per heavy atom. The molecule has 1 atom stereocenters. The molecule has 0 saturated heterocycles. The zero-order chi connectivity index (χ0) is 30.7. The van der Waals surface area contributed by atoms with Crippen LogP contribution >= 0.6 is 0 Å². The van der Waals surface area contributed by atoms with Crippen LogP contribution in [0.3, 0.4) is 0 Å². The third-order valence-electron chi connectivity index (χ3n) is 6.76. The Bertz CT molecular complexity index is 1390. The van der Waals surface area contributed by atoms with Gasteiger partial charge in [-0.05, 0) is 69.5 Å². The van der Waals surface area contributed by atoms with Crippen LogP contribution in [0.5, 0.6) is 5.75 Å². The molecule has 0 aliphatic carbocycles. The van der Waals surface area contributed by atoms with Crippen molar-refractivity contribution in [3.05, 3.63) is 95.6 Å². The highest BCUT2D eigenvalue weighted by Gasteiger charge is 2.31. The first kappa shape index (κ1) is 32.7. The lowest BCUT2D eigenvalue weighted by Crippen LogP contribution is -2.51. The zero-order valence-electron chi connectivity index (χ0n) is 25.2. The lowest BCUT2D eigenvalue weighted by atomic mass is 10.0. The number of nitrogens with zero attached hydrogens (tertiary/aromatic N) is 2. The summed E-state index contributed by atoms with van der Waals surface area (Å²) in [5, 5.41) is 2.99. The van der Waals surface area contributed by atoms with Gasteiger partial charge in [0.1, 0.15) is 11.8 Å². The third-order valence-corrected chi connectivity index (χ3v) is 7.96. The van der Waals surface area contributed by atoms with Crippen LogP contribution < -0.4 is 14.4 Å². The molecule has 0 aromatic heterocycles. The van der Waals surface area contributed by atoms with E-state index in [9.17, 15) is 18.0 Å². The Labute approximate surface area is 250 Å². The number of amides is 2. The van der Waals surface area contributed by atoms with Crippen molar-refractivity contribution in [3.63, 3.8) is 0 Å². The van der Waals surface area contributed by atoms with E-state index in [1.54, 1.807) is 29.2 Å². The normalized spacial score (nSPS) is 12.0. The number of carbonyl (C=O) groups excluding carboxylic acids is 2. The molecule has 8 nitrogen and oxygen atoms in total. The van der Waals surface area contributed by atoms with E-state index in [-0.39, 0.29) is 43.8 Å². The number of hydrogen-bond acceptors (Lipinski definition) is 5. The van der Waals surface area contributed by atoms with E-state index in [1.165, 1.54) is 4.31 Å². The van der Waals surface area contributed by atoms with Crippen molar-refractivity contribution in [1.29, 1.82) is 0 Å². The quantitative estimate of drug-likeness (QED) is 0.264. The average Bonchev–Trinajstić information content (AvgIpc) is 2.94. The van der Waals surface area contributed by atoms with Gasteiger partial charge in [-0.15, -0.1) is 0 Å². The fourth-order valence-corrected chi connectivity index (χ4v) is 5.67. The second kappa shape index (κ2) is 15.4. The number of rotatable bonds is 15. The summed E-state index contributed by atoms with van der Waals surface area (Å²) in [6, 6.07) is 23.6. The minimum absolute atomic E-state index is 0.0785. The van der Waals surface area contributed by atoms with E-state index >= 15 is 0 Å². The maximum absolute atomic E-state index is 13.9. The van der Waals surface area contributed by atoms with Crippen molar-refractivity contribution >= 4 is 27.5 Å². The number of aryl methyl sites for hydroxylation is 1. The number of carbonyl (C=O) groups is 2. The lowest BCUT2D eigenvalue weighted by molar-refractivity contribution is -0.141. The molecule has 0 fully saturated rings. The van der Waals surface area contributed by atoms with Gasteiger partial charge < -0.3 is 15.0 Å². The predicted molar refractivity (Wildman–Crippen MR) is 168 cm³/mol. The highest BCUT2D eigenvalue weighted by molar-refractivity contribution is 7.92. The van der Waals surface area contributed by atoms with Crippen molar-refractivity contribution < 1.29 is 22.7 Å². The first-order chi connectivity index (χ1) is 20.0. The minimum Gasteiger partial charge on any atom is -0.494 e. The molecule has 0 spiro atoms. The van der Waals surface area contributed by atoms with Gasteiger partial charge in [0.05, 0.1) is 18.6 Å². The van der Waals surface area contributed by atoms with Gasteiger partial charge in [-0.25, -0.2) is 8.42 Å². The van der Waals surface area contributed by atoms with Gasteiger partial charge in [-0.3, -0.25) is 13.9 Å². The van der Waals surface area contributed by atoms with Crippen molar-refractivity contribution in [1.82, 2.24) is 10.2 Å².